The third-order valence-electron chi connectivity index (χ3n) is 3.79. The summed E-state index contributed by atoms with van der Waals surface area (Å²) < 4.78 is 21.5. The first-order valence-corrected chi connectivity index (χ1v) is 6.70. The fraction of sp³-hybridized carbons (Fsp3) is 0.462. The number of ether oxygens (including phenoxy) is 1. The van der Waals surface area contributed by atoms with Gasteiger partial charge in [-0.3, -0.25) is 14.3 Å². The minimum atomic E-state index is -2.64. The van der Waals surface area contributed by atoms with Gasteiger partial charge in [-0.1, -0.05) is 5.92 Å². The lowest BCUT2D eigenvalue weighted by molar-refractivity contribution is -0.0776. The summed E-state index contributed by atoms with van der Waals surface area (Å²) in [6.45, 7) is 1.33. The van der Waals surface area contributed by atoms with Gasteiger partial charge in [-0.2, -0.15) is 4.98 Å². The molecular weight excluding hydrogens is 309 g/mol. The van der Waals surface area contributed by atoms with E-state index in [1.54, 1.807) is 0 Å². The van der Waals surface area contributed by atoms with Crippen LogP contribution in [0.2, 0.25) is 0 Å². The van der Waals surface area contributed by atoms with Gasteiger partial charge in [0.1, 0.15) is 12.2 Å². The molecule has 122 valence electrons. The topological polar surface area (TPSA) is 139 Å². The lowest BCUT2D eigenvalue weighted by atomic mass is 9.95. The molecule has 1 aliphatic heterocycles. The summed E-state index contributed by atoms with van der Waals surface area (Å²) in [6, 6.07) is 0. The van der Waals surface area contributed by atoms with Gasteiger partial charge in [-0.15, -0.1) is 6.42 Å². The normalized spacial score (nSPS) is 32.0. The summed E-state index contributed by atoms with van der Waals surface area (Å²) >= 11 is 0. The predicted molar refractivity (Wildman–Crippen MR) is 76.8 cm³/mol. The van der Waals surface area contributed by atoms with Gasteiger partial charge < -0.3 is 20.7 Å². The van der Waals surface area contributed by atoms with E-state index in [1.165, 1.54) is 6.92 Å². The van der Waals surface area contributed by atoms with Crippen molar-refractivity contribution >= 4 is 17.1 Å². The number of fused-ring (bicyclic) bond motifs is 1. The van der Waals surface area contributed by atoms with Crippen molar-refractivity contribution in [2.75, 3.05) is 5.73 Å². The third-order valence-corrected chi connectivity index (χ3v) is 3.79. The third kappa shape index (κ3) is 2.09. The van der Waals surface area contributed by atoms with E-state index in [9.17, 15) is 15.0 Å². The Morgan fingerprint density at radius 2 is 2.39 bits per heavy atom. The molecule has 10 heteroatoms. The Bertz CT molecular complexity index is 856. The first-order chi connectivity index (χ1) is 10.8. The van der Waals surface area contributed by atoms with Gasteiger partial charge in [0.2, 0.25) is 11.6 Å². The highest BCUT2D eigenvalue weighted by Crippen LogP contribution is 2.43. The van der Waals surface area contributed by atoms with Crippen LogP contribution in [0.3, 0.4) is 0 Å². The monoisotopic (exact) mass is 323 g/mol. The number of rotatable bonds is 2. The van der Waals surface area contributed by atoms with Crippen molar-refractivity contribution in [1.82, 2.24) is 19.5 Å². The molecule has 1 aliphatic rings. The highest BCUT2D eigenvalue weighted by molar-refractivity contribution is 5.70. The maximum atomic E-state index is 15.1. The van der Waals surface area contributed by atoms with E-state index in [-0.39, 0.29) is 17.1 Å². The molecule has 3 rings (SSSR count). The minimum absolute atomic E-state index is 0.0491. The Hall–Kier alpha value is -2.48. The lowest BCUT2D eigenvalue weighted by Crippen LogP contribution is -2.43. The average molecular weight is 323 g/mol. The molecule has 2 aromatic heterocycles. The van der Waals surface area contributed by atoms with Gasteiger partial charge in [0.15, 0.2) is 17.4 Å². The number of H-pyrrole nitrogens is 1. The van der Waals surface area contributed by atoms with Gasteiger partial charge in [-0.05, 0) is 6.92 Å². The quantitative estimate of drug-likeness (QED) is 0.503. The number of imidazole rings is 1. The number of hydrogen-bond donors (Lipinski definition) is 4. The molecular formula is C13H14FN5O4. The highest BCUT2D eigenvalue weighted by Gasteiger charge is 2.59. The van der Waals surface area contributed by atoms with Crippen LogP contribution in [0.15, 0.2) is 11.1 Å². The summed E-state index contributed by atoms with van der Waals surface area (Å²) in [4.78, 5) is 21.8. The van der Waals surface area contributed by atoms with Crippen LogP contribution >= 0.6 is 0 Å². The van der Waals surface area contributed by atoms with E-state index in [4.69, 9.17) is 16.9 Å². The second-order valence-corrected chi connectivity index (χ2v) is 5.33. The Morgan fingerprint density at radius 1 is 1.70 bits per heavy atom. The summed E-state index contributed by atoms with van der Waals surface area (Å²) in [7, 11) is 0. The van der Waals surface area contributed by atoms with Crippen LogP contribution in [0.25, 0.3) is 11.2 Å². The second kappa shape index (κ2) is 5.02. The Kier molecular flexibility index (Phi) is 3.36. The van der Waals surface area contributed by atoms with Crippen molar-refractivity contribution in [3.63, 3.8) is 0 Å². The summed E-state index contributed by atoms with van der Waals surface area (Å²) in [6.07, 6.45) is 0.619. The summed E-state index contributed by atoms with van der Waals surface area (Å²) in [5, 5.41) is 19.7. The molecule has 0 radical (unpaired) electrons. The fourth-order valence-electron chi connectivity index (χ4n) is 2.62. The first-order valence-electron chi connectivity index (χ1n) is 6.70. The largest absolute Gasteiger partial charge is 0.391 e. The van der Waals surface area contributed by atoms with Crippen LogP contribution in [0.5, 0.6) is 0 Å². The van der Waals surface area contributed by atoms with Gasteiger partial charge in [-0.25, -0.2) is 9.37 Å². The molecule has 1 saturated heterocycles. The SMILES string of the molecule is C#CC1(F)[C@@H](O)[C@@H]([C@H](C)O)O[C@H]1n1cnc2c(=O)[nH]c(N)nc21. The van der Waals surface area contributed by atoms with Crippen molar-refractivity contribution in [3.05, 3.63) is 16.7 Å². The number of alkyl halides is 1. The van der Waals surface area contributed by atoms with E-state index in [1.807, 2.05) is 5.92 Å². The number of hydrogen-bond acceptors (Lipinski definition) is 7. The number of aromatic nitrogens is 4. The Balaban J connectivity index is 2.18. The lowest BCUT2D eigenvalue weighted by Gasteiger charge is -2.23. The van der Waals surface area contributed by atoms with Crippen LogP contribution in [0.1, 0.15) is 13.2 Å². The molecule has 2 aromatic rings. The van der Waals surface area contributed by atoms with Crippen molar-refractivity contribution in [1.29, 1.82) is 0 Å². The van der Waals surface area contributed by atoms with Gasteiger partial charge in [0, 0.05) is 0 Å². The van der Waals surface area contributed by atoms with Gasteiger partial charge in [0.25, 0.3) is 5.56 Å². The number of nitrogens with one attached hydrogen (secondary N) is 1. The number of terminal acetylenes is 1. The first kappa shape index (κ1) is 15.4. The smallest absolute Gasteiger partial charge is 0.280 e. The number of halogens is 1. The van der Waals surface area contributed by atoms with Crippen LogP contribution < -0.4 is 11.3 Å². The number of nitrogens with zero attached hydrogens (tertiary/aromatic N) is 3. The molecule has 0 saturated carbocycles. The molecule has 1 unspecified atom stereocenters. The van der Waals surface area contributed by atoms with Crippen molar-refractivity contribution in [2.24, 2.45) is 0 Å². The Labute approximate surface area is 128 Å². The van der Waals surface area contributed by atoms with Crippen LogP contribution in [-0.4, -0.2) is 53.7 Å². The van der Waals surface area contributed by atoms with E-state index in [0.717, 1.165) is 10.9 Å². The molecule has 0 aliphatic carbocycles. The number of nitrogens with two attached hydrogens (primary N) is 1. The standard InChI is InChI=1S/C13H14FN5O4/c1-3-13(14)8(21)7(5(2)20)23-11(13)19-4-16-6-9(19)17-12(15)18-10(6)22/h1,4-5,7-8,11,20-21H,2H3,(H3,15,17,18,22)/t5-,7+,8-,11+,13?/m0/s1. The second-order valence-electron chi connectivity index (χ2n) is 5.33. The number of anilines is 1. The van der Waals surface area contributed by atoms with Crippen molar-refractivity contribution < 1.29 is 19.3 Å². The highest BCUT2D eigenvalue weighted by atomic mass is 19.1. The van der Waals surface area contributed by atoms with E-state index < -0.39 is 35.8 Å². The predicted octanol–water partition coefficient (Wildman–Crippen LogP) is -1.32. The minimum Gasteiger partial charge on any atom is -0.391 e. The molecule has 5 atom stereocenters. The maximum absolute atomic E-state index is 15.1. The van der Waals surface area contributed by atoms with Crippen LogP contribution in [0, 0.1) is 12.3 Å². The average Bonchev–Trinajstić information content (AvgIpc) is 3.00. The summed E-state index contributed by atoms with van der Waals surface area (Å²) in [5.74, 6) is 1.67. The molecule has 3 heterocycles. The number of aromatic amines is 1. The number of nitrogen functional groups attached to an aromatic ring is 1. The maximum Gasteiger partial charge on any atom is 0.280 e. The van der Waals surface area contributed by atoms with Crippen LogP contribution in [0.4, 0.5) is 10.3 Å². The number of aliphatic hydroxyl groups excluding tert-OH is 2. The zero-order chi connectivity index (χ0) is 16.9. The zero-order valence-electron chi connectivity index (χ0n) is 12.0. The molecule has 23 heavy (non-hydrogen) atoms. The molecule has 9 nitrogen and oxygen atoms in total. The molecule has 1 fully saturated rings. The fourth-order valence-corrected chi connectivity index (χ4v) is 2.62. The van der Waals surface area contributed by atoms with E-state index in [0.29, 0.717) is 0 Å². The zero-order valence-corrected chi connectivity index (χ0v) is 12.0. The molecule has 0 amide bonds. The van der Waals surface area contributed by atoms with Gasteiger partial charge in [0.05, 0.1) is 12.4 Å². The molecule has 5 N–H and O–H groups in total. The molecule has 0 spiro atoms. The van der Waals surface area contributed by atoms with Crippen molar-refractivity contribution in [3.8, 4) is 12.3 Å². The Morgan fingerprint density at radius 3 is 3.00 bits per heavy atom. The van der Waals surface area contributed by atoms with Gasteiger partial charge >= 0.3 is 0 Å². The van der Waals surface area contributed by atoms with Crippen LogP contribution in [-0.2, 0) is 4.74 Å². The van der Waals surface area contributed by atoms with E-state index >= 15 is 4.39 Å². The van der Waals surface area contributed by atoms with E-state index in [2.05, 4.69) is 15.0 Å². The number of aliphatic hydroxyl groups is 2. The summed E-state index contributed by atoms with van der Waals surface area (Å²) in [5.41, 5.74) is 2.09. The molecule has 0 aromatic carbocycles. The van der Waals surface area contributed by atoms with Crippen molar-refractivity contribution in [2.45, 2.75) is 37.1 Å². The molecule has 0 bridgehead atoms.